The summed E-state index contributed by atoms with van der Waals surface area (Å²) in [6, 6.07) is 2.67. The number of rotatable bonds is 4. The minimum Gasteiger partial charge on any atom is -0.371 e. The van der Waals surface area contributed by atoms with Gasteiger partial charge in [-0.3, -0.25) is 4.98 Å². The van der Waals surface area contributed by atoms with Crippen LogP contribution in [0, 0.1) is 18.6 Å². The van der Waals surface area contributed by atoms with Crippen LogP contribution >= 0.6 is 0 Å². The predicted molar refractivity (Wildman–Crippen MR) is 70.0 cm³/mol. The van der Waals surface area contributed by atoms with E-state index in [0.29, 0.717) is 6.54 Å². The van der Waals surface area contributed by atoms with E-state index in [0.717, 1.165) is 17.2 Å². The average molecular weight is 264 g/mol. The van der Waals surface area contributed by atoms with Gasteiger partial charge in [0.25, 0.3) is 0 Å². The zero-order chi connectivity index (χ0) is 13.8. The maximum atomic E-state index is 13.6. The molecule has 0 atom stereocenters. The minimum atomic E-state index is -0.724. The van der Waals surface area contributed by atoms with Gasteiger partial charge in [-0.15, -0.1) is 0 Å². The van der Waals surface area contributed by atoms with Gasteiger partial charge in [0.15, 0.2) is 23.3 Å². The van der Waals surface area contributed by atoms with E-state index in [1.165, 1.54) is 7.05 Å². The summed E-state index contributed by atoms with van der Waals surface area (Å²) in [7, 11) is 1.53. The summed E-state index contributed by atoms with van der Waals surface area (Å²) in [5.74, 6) is -1.43. The fourth-order valence-electron chi connectivity index (χ4n) is 1.63. The van der Waals surface area contributed by atoms with Crippen molar-refractivity contribution in [2.75, 3.05) is 17.7 Å². The Labute approximate surface area is 109 Å². The molecule has 0 aliphatic carbocycles. The number of pyridine rings is 2. The molecule has 0 fully saturated rings. The van der Waals surface area contributed by atoms with E-state index in [1.54, 1.807) is 12.4 Å². The van der Waals surface area contributed by atoms with Gasteiger partial charge < -0.3 is 10.6 Å². The highest BCUT2D eigenvalue weighted by molar-refractivity contribution is 5.47. The quantitative estimate of drug-likeness (QED) is 0.891. The molecule has 0 saturated heterocycles. The van der Waals surface area contributed by atoms with Crippen molar-refractivity contribution in [2.45, 2.75) is 13.5 Å². The normalized spacial score (nSPS) is 10.3. The second kappa shape index (κ2) is 5.60. The zero-order valence-corrected chi connectivity index (χ0v) is 10.7. The Hall–Kier alpha value is -2.24. The van der Waals surface area contributed by atoms with Gasteiger partial charge in [-0.05, 0) is 24.1 Å². The first-order chi connectivity index (χ1) is 9.11. The van der Waals surface area contributed by atoms with Crippen LogP contribution < -0.4 is 10.6 Å². The van der Waals surface area contributed by atoms with Crippen LogP contribution in [0.5, 0.6) is 0 Å². The summed E-state index contributed by atoms with van der Waals surface area (Å²) in [6.07, 6.45) is 3.39. The molecule has 2 heterocycles. The first-order valence-electron chi connectivity index (χ1n) is 5.79. The maximum absolute atomic E-state index is 13.6. The summed E-state index contributed by atoms with van der Waals surface area (Å²) >= 11 is 0. The molecule has 4 nitrogen and oxygen atoms in total. The van der Waals surface area contributed by atoms with Gasteiger partial charge in [0.2, 0.25) is 0 Å². The molecule has 0 unspecified atom stereocenters. The topological polar surface area (TPSA) is 49.8 Å². The monoisotopic (exact) mass is 264 g/mol. The largest absolute Gasteiger partial charge is 0.371 e. The SMILES string of the molecule is CNc1nc(NCc2cnccc2C)c(F)cc1F. The van der Waals surface area contributed by atoms with Gasteiger partial charge in [0.1, 0.15) is 0 Å². The Balaban J connectivity index is 2.18. The molecule has 2 aromatic rings. The molecule has 19 heavy (non-hydrogen) atoms. The fraction of sp³-hybridized carbons (Fsp3) is 0.231. The van der Waals surface area contributed by atoms with Gasteiger partial charge in [-0.25, -0.2) is 13.8 Å². The van der Waals surface area contributed by atoms with Gasteiger partial charge in [0, 0.05) is 32.1 Å². The van der Waals surface area contributed by atoms with Crippen LogP contribution in [0.25, 0.3) is 0 Å². The Bertz CT molecular complexity index is 587. The lowest BCUT2D eigenvalue weighted by molar-refractivity contribution is 0.578. The van der Waals surface area contributed by atoms with Crippen molar-refractivity contribution in [1.29, 1.82) is 0 Å². The van der Waals surface area contributed by atoms with Crippen LogP contribution in [0.4, 0.5) is 20.4 Å². The molecule has 2 aromatic heterocycles. The van der Waals surface area contributed by atoms with E-state index >= 15 is 0 Å². The van der Waals surface area contributed by atoms with Crippen molar-refractivity contribution in [2.24, 2.45) is 0 Å². The van der Waals surface area contributed by atoms with Crippen molar-refractivity contribution in [3.05, 3.63) is 47.3 Å². The third-order valence-electron chi connectivity index (χ3n) is 2.76. The van der Waals surface area contributed by atoms with Gasteiger partial charge in [0.05, 0.1) is 0 Å². The molecule has 0 spiro atoms. The van der Waals surface area contributed by atoms with Crippen LogP contribution in [0.1, 0.15) is 11.1 Å². The standard InChI is InChI=1S/C13H14F2N4/c1-8-3-4-17-6-9(8)7-18-13-11(15)5-10(14)12(16-2)19-13/h3-6H,7H2,1-2H3,(H2,16,18,19). The summed E-state index contributed by atoms with van der Waals surface area (Å²) in [6.45, 7) is 2.31. The smallest absolute Gasteiger partial charge is 0.168 e. The molecule has 0 bridgehead atoms. The highest BCUT2D eigenvalue weighted by Gasteiger charge is 2.10. The minimum absolute atomic E-state index is 0.00630. The number of nitrogens with zero attached hydrogens (tertiary/aromatic N) is 2. The Morgan fingerprint density at radius 3 is 2.63 bits per heavy atom. The fourth-order valence-corrected chi connectivity index (χ4v) is 1.63. The molecule has 0 amide bonds. The third-order valence-corrected chi connectivity index (χ3v) is 2.76. The molecule has 6 heteroatoms. The first-order valence-corrected chi connectivity index (χ1v) is 5.79. The van der Waals surface area contributed by atoms with Gasteiger partial charge in [-0.1, -0.05) is 0 Å². The molecular weight excluding hydrogens is 250 g/mol. The molecule has 2 N–H and O–H groups in total. The van der Waals surface area contributed by atoms with Crippen molar-refractivity contribution in [3.8, 4) is 0 Å². The van der Waals surface area contributed by atoms with Crippen molar-refractivity contribution in [3.63, 3.8) is 0 Å². The van der Waals surface area contributed by atoms with Gasteiger partial charge >= 0.3 is 0 Å². The highest BCUT2D eigenvalue weighted by Crippen LogP contribution is 2.19. The summed E-state index contributed by atoms with van der Waals surface area (Å²) in [4.78, 5) is 7.84. The molecule has 100 valence electrons. The lowest BCUT2D eigenvalue weighted by Crippen LogP contribution is -2.08. The number of hydrogen-bond donors (Lipinski definition) is 2. The maximum Gasteiger partial charge on any atom is 0.168 e. The third kappa shape index (κ3) is 2.96. The Kier molecular flexibility index (Phi) is 3.89. The molecule has 2 rings (SSSR count). The molecular formula is C13H14F2N4. The number of nitrogens with one attached hydrogen (secondary N) is 2. The number of halogens is 2. The summed E-state index contributed by atoms with van der Waals surface area (Å²) in [5.41, 5.74) is 1.97. The molecule has 0 radical (unpaired) electrons. The molecule has 0 saturated carbocycles. The average Bonchev–Trinajstić information content (AvgIpc) is 2.39. The lowest BCUT2D eigenvalue weighted by Gasteiger charge is -2.10. The van der Waals surface area contributed by atoms with Crippen molar-refractivity contribution < 1.29 is 8.78 Å². The molecule has 0 aromatic carbocycles. The second-order valence-electron chi connectivity index (χ2n) is 4.05. The summed E-state index contributed by atoms with van der Waals surface area (Å²) in [5, 5.41) is 5.41. The van der Waals surface area contributed by atoms with E-state index in [4.69, 9.17) is 0 Å². The highest BCUT2D eigenvalue weighted by atomic mass is 19.1. The zero-order valence-electron chi connectivity index (χ0n) is 10.7. The van der Waals surface area contributed by atoms with Crippen LogP contribution in [-0.4, -0.2) is 17.0 Å². The van der Waals surface area contributed by atoms with E-state index < -0.39 is 11.6 Å². The molecule has 0 aliphatic heterocycles. The van der Waals surface area contributed by atoms with Crippen LogP contribution in [0.2, 0.25) is 0 Å². The molecule has 0 aliphatic rings. The van der Waals surface area contributed by atoms with Crippen molar-refractivity contribution in [1.82, 2.24) is 9.97 Å². The van der Waals surface area contributed by atoms with Crippen LogP contribution in [0.15, 0.2) is 24.5 Å². The van der Waals surface area contributed by atoms with E-state index in [1.807, 2.05) is 13.0 Å². The number of hydrogen-bond acceptors (Lipinski definition) is 4. The number of anilines is 2. The Morgan fingerprint density at radius 2 is 1.95 bits per heavy atom. The van der Waals surface area contributed by atoms with Crippen LogP contribution in [-0.2, 0) is 6.54 Å². The number of aryl methyl sites for hydroxylation is 1. The van der Waals surface area contributed by atoms with E-state index in [-0.39, 0.29) is 11.6 Å². The van der Waals surface area contributed by atoms with E-state index in [9.17, 15) is 8.78 Å². The first kappa shape index (κ1) is 13.2. The summed E-state index contributed by atoms with van der Waals surface area (Å²) < 4.78 is 26.8. The van der Waals surface area contributed by atoms with Gasteiger partial charge in [-0.2, -0.15) is 0 Å². The second-order valence-corrected chi connectivity index (χ2v) is 4.05. The van der Waals surface area contributed by atoms with E-state index in [2.05, 4.69) is 20.6 Å². The Morgan fingerprint density at radius 1 is 1.21 bits per heavy atom. The predicted octanol–water partition coefficient (Wildman–Crippen LogP) is 2.72. The lowest BCUT2D eigenvalue weighted by atomic mass is 10.1. The van der Waals surface area contributed by atoms with Crippen molar-refractivity contribution >= 4 is 11.6 Å². The number of aromatic nitrogens is 2. The van der Waals surface area contributed by atoms with Crippen LogP contribution in [0.3, 0.4) is 0 Å².